The smallest absolute Gasteiger partial charge is 0.223 e. The molecule has 0 saturated carbocycles. The number of primary amides is 1. The molecule has 3 nitrogen and oxygen atoms in total. The zero-order chi connectivity index (χ0) is 8.10. The highest BCUT2D eigenvalue weighted by molar-refractivity contribution is 5.85. The van der Waals surface area contributed by atoms with E-state index in [1.807, 2.05) is 35.2 Å². The third kappa shape index (κ3) is 3.93. The van der Waals surface area contributed by atoms with Crippen molar-refractivity contribution in [2.24, 2.45) is 5.73 Å². The van der Waals surface area contributed by atoms with Crippen LogP contribution in [0.4, 0.5) is 0 Å². The van der Waals surface area contributed by atoms with Gasteiger partial charge in [0, 0.05) is 12.1 Å². The molecule has 0 aromatic carbocycles. The maximum Gasteiger partial charge on any atom is 0.223 e. The zero-order valence-corrected chi connectivity index (χ0v) is 7.46. The molecule has 0 aliphatic heterocycles. The average Bonchev–Trinajstić information content (AvgIpc) is 2.03. The van der Waals surface area contributed by atoms with E-state index >= 15 is 0 Å². The lowest BCUT2D eigenvalue weighted by Gasteiger charge is -1.91. The van der Waals surface area contributed by atoms with Gasteiger partial charge in [0.05, 0.1) is 6.42 Å². The maximum atomic E-state index is 10.4. The van der Waals surface area contributed by atoms with Crippen LogP contribution in [0.1, 0.15) is 6.42 Å². The predicted molar refractivity (Wildman–Crippen MR) is 47.7 cm³/mol. The molecule has 66 valence electrons. The predicted octanol–water partition coefficient (Wildman–Crippen LogP) is 0.271. The van der Waals surface area contributed by atoms with Crippen LogP contribution in [-0.2, 0) is 11.3 Å². The average molecular weight is 188 g/mol. The van der Waals surface area contributed by atoms with Gasteiger partial charge in [-0.25, -0.2) is 4.57 Å². The number of halogens is 1. The number of pyridine rings is 1. The topological polar surface area (TPSA) is 47.0 Å². The normalized spacial score (nSPS) is 8.67. The summed E-state index contributed by atoms with van der Waals surface area (Å²) >= 11 is 0. The Hall–Kier alpha value is -1.09. The van der Waals surface area contributed by atoms with E-state index in [1.165, 1.54) is 0 Å². The Morgan fingerprint density at radius 2 is 1.83 bits per heavy atom. The molecule has 4 heteroatoms. The summed E-state index contributed by atoms with van der Waals surface area (Å²) in [6, 6.07) is 5.77. The van der Waals surface area contributed by atoms with Gasteiger partial charge in [-0.3, -0.25) is 4.79 Å². The van der Waals surface area contributed by atoms with E-state index in [1.54, 1.807) is 0 Å². The largest absolute Gasteiger partial charge is 0.369 e. The van der Waals surface area contributed by atoms with Crippen molar-refractivity contribution in [3.63, 3.8) is 0 Å². The Labute approximate surface area is 77.6 Å². The minimum atomic E-state index is -0.263. The summed E-state index contributed by atoms with van der Waals surface area (Å²) in [7, 11) is 0. The lowest BCUT2D eigenvalue weighted by molar-refractivity contribution is -0.695. The molecule has 1 heterocycles. The number of hydrogen-bond donors (Lipinski definition) is 1. The number of nitrogens with two attached hydrogens (primary N) is 1. The van der Waals surface area contributed by atoms with Crippen LogP contribution in [0.25, 0.3) is 0 Å². The van der Waals surface area contributed by atoms with E-state index in [4.69, 9.17) is 5.73 Å². The zero-order valence-electron chi connectivity index (χ0n) is 6.64. The van der Waals surface area contributed by atoms with E-state index in [-0.39, 0.29) is 18.3 Å². The van der Waals surface area contributed by atoms with E-state index in [9.17, 15) is 4.79 Å². The second-order valence-electron chi connectivity index (χ2n) is 2.33. The van der Waals surface area contributed by atoms with Crippen molar-refractivity contribution in [1.82, 2.24) is 0 Å². The first-order chi connectivity index (χ1) is 5.29. The van der Waals surface area contributed by atoms with Gasteiger partial charge < -0.3 is 5.73 Å². The first-order valence-corrected chi connectivity index (χ1v) is 3.51. The van der Waals surface area contributed by atoms with E-state index < -0.39 is 0 Å². The third-order valence-electron chi connectivity index (χ3n) is 1.39. The fourth-order valence-electron chi connectivity index (χ4n) is 0.823. The van der Waals surface area contributed by atoms with Crippen molar-refractivity contribution in [2.75, 3.05) is 0 Å². The van der Waals surface area contributed by atoms with Crippen LogP contribution in [-0.4, -0.2) is 5.91 Å². The van der Waals surface area contributed by atoms with Crippen LogP contribution >= 0.6 is 12.4 Å². The molecule has 0 atom stereocenters. The molecule has 0 aliphatic rings. The van der Waals surface area contributed by atoms with Gasteiger partial charge in [-0.2, -0.15) is 0 Å². The van der Waals surface area contributed by atoms with Crippen molar-refractivity contribution in [2.45, 2.75) is 13.0 Å². The van der Waals surface area contributed by atoms with Crippen LogP contribution in [0.15, 0.2) is 30.6 Å². The molecule has 0 fully saturated rings. The van der Waals surface area contributed by atoms with Gasteiger partial charge in [-0.05, 0) is 0 Å². The van der Waals surface area contributed by atoms with E-state index in [0.29, 0.717) is 13.0 Å². The fourth-order valence-corrected chi connectivity index (χ4v) is 0.823. The van der Waals surface area contributed by atoms with Gasteiger partial charge in [0.25, 0.3) is 0 Å². The summed E-state index contributed by atoms with van der Waals surface area (Å²) in [5.41, 5.74) is 4.99. The standard InChI is InChI=1S/C8H10N2O.ClH/c9-8(11)4-7-10-5-2-1-3-6-10;/h1-3,5-6H,4,7H2,(H-,9,11);1H/p+1. The number of hydrogen-bond acceptors (Lipinski definition) is 1. The second kappa shape index (κ2) is 5.55. The maximum absolute atomic E-state index is 10.4. The summed E-state index contributed by atoms with van der Waals surface area (Å²) in [6.45, 7) is 0.663. The van der Waals surface area contributed by atoms with Crippen molar-refractivity contribution in [1.29, 1.82) is 0 Å². The van der Waals surface area contributed by atoms with Gasteiger partial charge in [0.2, 0.25) is 5.91 Å². The lowest BCUT2D eigenvalue weighted by atomic mass is 10.4. The quantitative estimate of drug-likeness (QED) is 0.679. The molecule has 0 bridgehead atoms. The Morgan fingerprint density at radius 3 is 2.33 bits per heavy atom. The summed E-state index contributed by atoms with van der Waals surface area (Å²) in [5, 5.41) is 0. The van der Waals surface area contributed by atoms with Crippen LogP contribution in [0.2, 0.25) is 0 Å². The number of carbonyl (C=O) groups excluding carboxylic acids is 1. The lowest BCUT2D eigenvalue weighted by Crippen LogP contribution is -2.34. The van der Waals surface area contributed by atoms with Crippen LogP contribution in [0, 0.1) is 0 Å². The molecule has 0 radical (unpaired) electrons. The number of rotatable bonds is 3. The van der Waals surface area contributed by atoms with Crippen molar-refractivity contribution in [3.8, 4) is 0 Å². The molecule has 0 aliphatic carbocycles. The Morgan fingerprint density at radius 1 is 1.25 bits per heavy atom. The van der Waals surface area contributed by atoms with E-state index in [2.05, 4.69) is 0 Å². The SMILES string of the molecule is Cl.NC(=O)CC[n+]1ccccc1. The first-order valence-electron chi connectivity index (χ1n) is 3.51. The molecular weight excluding hydrogens is 176 g/mol. The van der Waals surface area contributed by atoms with Crippen LogP contribution < -0.4 is 10.3 Å². The van der Waals surface area contributed by atoms with Gasteiger partial charge in [0.1, 0.15) is 0 Å². The molecule has 1 aromatic heterocycles. The number of aromatic nitrogens is 1. The minimum absolute atomic E-state index is 0. The van der Waals surface area contributed by atoms with Gasteiger partial charge in [-0.1, -0.05) is 6.07 Å². The Bertz CT molecular complexity index is 238. The van der Waals surface area contributed by atoms with Crippen molar-refractivity contribution >= 4 is 18.3 Å². The summed E-state index contributed by atoms with van der Waals surface area (Å²) in [6.07, 6.45) is 4.21. The second-order valence-corrected chi connectivity index (χ2v) is 2.33. The number of carbonyl (C=O) groups is 1. The molecule has 0 unspecified atom stereocenters. The van der Waals surface area contributed by atoms with Crippen molar-refractivity contribution < 1.29 is 9.36 Å². The third-order valence-corrected chi connectivity index (χ3v) is 1.39. The summed E-state index contributed by atoms with van der Waals surface area (Å²) in [5.74, 6) is -0.263. The highest BCUT2D eigenvalue weighted by Crippen LogP contribution is 1.80. The van der Waals surface area contributed by atoms with Gasteiger partial charge in [-0.15, -0.1) is 12.4 Å². The molecule has 1 amide bonds. The van der Waals surface area contributed by atoms with Gasteiger partial charge in [0.15, 0.2) is 18.9 Å². The Kier molecular flexibility index (Phi) is 5.04. The molecule has 0 saturated heterocycles. The molecule has 2 N–H and O–H groups in total. The molecule has 12 heavy (non-hydrogen) atoms. The van der Waals surface area contributed by atoms with Crippen LogP contribution in [0.5, 0.6) is 0 Å². The molecular formula is C8H12ClN2O+. The van der Waals surface area contributed by atoms with Crippen LogP contribution in [0.3, 0.4) is 0 Å². The fraction of sp³-hybridized carbons (Fsp3) is 0.250. The molecule has 1 aromatic rings. The number of amides is 1. The van der Waals surface area contributed by atoms with E-state index in [0.717, 1.165) is 0 Å². The summed E-state index contributed by atoms with van der Waals surface area (Å²) < 4.78 is 1.92. The van der Waals surface area contributed by atoms with Gasteiger partial charge >= 0.3 is 0 Å². The molecule has 1 rings (SSSR count). The Balaban J connectivity index is 0.00000121. The first kappa shape index (κ1) is 10.9. The minimum Gasteiger partial charge on any atom is -0.369 e. The highest BCUT2D eigenvalue weighted by atomic mass is 35.5. The number of nitrogens with zero attached hydrogens (tertiary/aromatic N) is 1. The highest BCUT2D eigenvalue weighted by Gasteiger charge is 2.00. The monoisotopic (exact) mass is 187 g/mol. The summed E-state index contributed by atoms with van der Waals surface area (Å²) in [4.78, 5) is 10.4. The number of aryl methyl sites for hydroxylation is 1. The molecule has 0 spiro atoms. The van der Waals surface area contributed by atoms with Crippen molar-refractivity contribution in [3.05, 3.63) is 30.6 Å².